The molecule has 3 amide bonds. The lowest BCUT2D eigenvalue weighted by Crippen LogP contribution is -2.27. The minimum Gasteiger partial charge on any atom is -0.376 e. The van der Waals surface area contributed by atoms with Crippen LogP contribution in [-0.4, -0.2) is 24.3 Å². The van der Waals surface area contributed by atoms with Gasteiger partial charge in [-0.25, -0.2) is 0 Å². The Balaban J connectivity index is 1.58. The van der Waals surface area contributed by atoms with E-state index in [1.54, 1.807) is 48.5 Å². The molecule has 0 fully saturated rings. The number of carbonyl (C=O) groups is 3. The monoisotopic (exact) mass is 416 g/mol. The van der Waals surface area contributed by atoms with E-state index in [-0.39, 0.29) is 30.0 Å². The molecular formula is C24H24N4O3. The second kappa shape index (κ2) is 10.1. The summed E-state index contributed by atoms with van der Waals surface area (Å²) in [6.07, 6.45) is 0. The number of primary amides is 1. The lowest BCUT2D eigenvalue weighted by atomic mass is 10.1. The van der Waals surface area contributed by atoms with E-state index in [0.29, 0.717) is 16.9 Å². The predicted molar refractivity (Wildman–Crippen MR) is 121 cm³/mol. The van der Waals surface area contributed by atoms with E-state index in [1.807, 2.05) is 37.3 Å². The molecule has 0 heterocycles. The van der Waals surface area contributed by atoms with Crippen molar-refractivity contribution in [3.63, 3.8) is 0 Å². The summed E-state index contributed by atoms with van der Waals surface area (Å²) in [6, 6.07) is 23.0. The molecule has 7 nitrogen and oxygen atoms in total. The van der Waals surface area contributed by atoms with E-state index >= 15 is 0 Å². The van der Waals surface area contributed by atoms with E-state index < -0.39 is 5.91 Å². The number of hydrogen-bond donors (Lipinski definition) is 4. The van der Waals surface area contributed by atoms with E-state index in [4.69, 9.17) is 5.73 Å². The van der Waals surface area contributed by atoms with Crippen LogP contribution in [0, 0.1) is 0 Å². The van der Waals surface area contributed by atoms with Crippen molar-refractivity contribution in [1.82, 2.24) is 5.32 Å². The van der Waals surface area contributed by atoms with Crippen molar-refractivity contribution in [2.75, 3.05) is 17.2 Å². The van der Waals surface area contributed by atoms with E-state index in [9.17, 15) is 14.4 Å². The molecule has 0 saturated carbocycles. The molecule has 31 heavy (non-hydrogen) atoms. The van der Waals surface area contributed by atoms with Crippen LogP contribution in [0.25, 0.3) is 0 Å². The lowest BCUT2D eigenvalue weighted by molar-refractivity contribution is -0.114. The van der Waals surface area contributed by atoms with Crippen LogP contribution >= 0.6 is 0 Å². The maximum atomic E-state index is 12.6. The summed E-state index contributed by atoms with van der Waals surface area (Å²) in [4.78, 5) is 36.3. The Morgan fingerprint density at radius 2 is 1.61 bits per heavy atom. The number of rotatable bonds is 8. The molecule has 0 saturated heterocycles. The van der Waals surface area contributed by atoms with Gasteiger partial charge >= 0.3 is 0 Å². The van der Waals surface area contributed by atoms with Gasteiger partial charge in [0.1, 0.15) is 0 Å². The zero-order valence-corrected chi connectivity index (χ0v) is 17.1. The Bertz CT molecular complexity index is 1080. The highest BCUT2D eigenvalue weighted by Crippen LogP contribution is 2.16. The quantitative estimate of drug-likeness (QED) is 0.451. The molecule has 3 aromatic rings. The van der Waals surface area contributed by atoms with E-state index in [0.717, 1.165) is 5.56 Å². The third-order valence-corrected chi connectivity index (χ3v) is 4.69. The molecular weight excluding hydrogens is 392 g/mol. The number of amides is 3. The summed E-state index contributed by atoms with van der Waals surface area (Å²) < 4.78 is 0. The van der Waals surface area contributed by atoms with Crippen molar-refractivity contribution in [2.45, 2.75) is 13.0 Å². The predicted octanol–water partition coefficient (Wildman–Crippen LogP) is 3.33. The van der Waals surface area contributed by atoms with Gasteiger partial charge in [-0.15, -0.1) is 0 Å². The van der Waals surface area contributed by atoms with Gasteiger partial charge in [0.15, 0.2) is 0 Å². The maximum absolute atomic E-state index is 12.6. The van der Waals surface area contributed by atoms with Gasteiger partial charge < -0.3 is 21.7 Å². The summed E-state index contributed by atoms with van der Waals surface area (Å²) in [6.45, 7) is 1.88. The number of nitrogens with one attached hydrogen (secondary N) is 3. The van der Waals surface area contributed by atoms with Gasteiger partial charge in [0.05, 0.1) is 23.8 Å². The van der Waals surface area contributed by atoms with Crippen molar-refractivity contribution >= 4 is 29.1 Å². The summed E-state index contributed by atoms with van der Waals surface area (Å²) in [5.41, 5.74) is 8.03. The zero-order valence-electron chi connectivity index (χ0n) is 17.1. The van der Waals surface area contributed by atoms with Gasteiger partial charge in [-0.05, 0) is 42.8 Å². The fourth-order valence-electron chi connectivity index (χ4n) is 3.06. The number of benzene rings is 3. The van der Waals surface area contributed by atoms with Crippen molar-refractivity contribution in [3.8, 4) is 0 Å². The smallest absolute Gasteiger partial charge is 0.251 e. The third kappa shape index (κ3) is 5.93. The summed E-state index contributed by atoms with van der Waals surface area (Å²) in [5.74, 6) is -1.17. The van der Waals surface area contributed by atoms with Crippen LogP contribution < -0.4 is 21.7 Å². The third-order valence-electron chi connectivity index (χ3n) is 4.69. The normalized spacial score (nSPS) is 11.3. The first kappa shape index (κ1) is 21.6. The Morgan fingerprint density at radius 3 is 2.35 bits per heavy atom. The van der Waals surface area contributed by atoms with E-state index in [1.165, 1.54) is 0 Å². The van der Waals surface area contributed by atoms with Gasteiger partial charge in [0.2, 0.25) is 5.91 Å². The molecule has 3 aromatic carbocycles. The highest BCUT2D eigenvalue weighted by atomic mass is 16.2. The Hall–Kier alpha value is -4.13. The Morgan fingerprint density at radius 1 is 0.903 bits per heavy atom. The fourth-order valence-corrected chi connectivity index (χ4v) is 3.06. The fraction of sp³-hybridized carbons (Fsp3) is 0.125. The first-order valence-electron chi connectivity index (χ1n) is 9.82. The molecule has 0 radical (unpaired) electrons. The molecule has 1 atom stereocenters. The molecule has 0 aliphatic carbocycles. The minimum absolute atomic E-state index is 0.0431. The highest BCUT2D eigenvalue weighted by molar-refractivity contribution is 6.03. The number of nitrogens with two attached hydrogens (primary N) is 1. The van der Waals surface area contributed by atoms with Crippen LogP contribution in [0.5, 0.6) is 0 Å². The molecule has 0 aliphatic heterocycles. The Labute approximate surface area is 180 Å². The molecule has 0 aromatic heterocycles. The second-order valence-corrected chi connectivity index (χ2v) is 7.00. The van der Waals surface area contributed by atoms with Gasteiger partial charge in [0, 0.05) is 11.3 Å². The number of anilines is 2. The molecule has 158 valence electrons. The molecule has 0 aliphatic rings. The van der Waals surface area contributed by atoms with Crippen molar-refractivity contribution in [1.29, 1.82) is 0 Å². The maximum Gasteiger partial charge on any atom is 0.251 e. The topological polar surface area (TPSA) is 113 Å². The standard InChI is InChI=1S/C24H24N4O3/c1-16(17-8-3-2-4-9-17)27-24(31)18-10-7-11-19(14-18)26-15-22(29)28-21-13-6-5-12-20(21)23(25)30/h2-14,16,26H,15H2,1H3,(H2,25,30)(H,27,31)(H,28,29). The molecule has 5 N–H and O–H groups in total. The largest absolute Gasteiger partial charge is 0.376 e. The van der Waals surface area contributed by atoms with Crippen LogP contribution in [0.4, 0.5) is 11.4 Å². The van der Waals surface area contributed by atoms with Crippen LogP contribution in [0.1, 0.15) is 39.2 Å². The summed E-state index contributed by atoms with van der Waals surface area (Å²) in [5, 5.41) is 8.61. The zero-order chi connectivity index (χ0) is 22.2. The lowest BCUT2D eigenvalue weighted by Gasteiger charge is -2.15. The van der Waals surface area contributed by atoms with Gasteiger partial charge in [-0.2, -0.15) is 0 Å². The molecule has 1 unspecified atom stereocenters. The molecule has 0 spiro atoms. The average molecular weight is 416 g/mol. The summed E-state index contributed by atoms with van der Waals surface area (Å²) >= 11 is 0. The van der Waals surface area contributed by atoms with Crippen LogP contribution in [0.3, 0.4) is 0 Å². The SMILES string of the molecule is CC(NC(=O)c1cccc(NCC(=O)Nc2ccccc2C(N)=O)c1)c1ccccc1. The van der Waals surface area contributed by atoms with Gasteiger partial charge in [-0.3, -0.25) is 14.4 Å². The Kier molecular flexibility index (Phi) is 7.01. The van der Waals surface area contributed by atoms with Gasteiger partial charge in [0.25, 0.3) is 11.8 Å². The van der Waals surface area contributed by atoms with Crippen LogP contribution in [0.2, 0.25) is 0 Å². The highest BCUT2D eigenvalue weighted by Gasteiger charge is 2.13. The average Bonchev–Trinajstić information content (AvgIpc) is 2.78. The molecule has 7 heteroatoms. The van der Waals surface area contributed by atoms with Gasteiger partial charge in [-0.1, -0.05) is 48.5 Å². The van der Waals surface area contributed by atoms with Crippen molar-refractivity contribution < 1.29 is 14.4 Å². The van der Waals surface area contributed by atoms with Crippen molar-refractivity contribution in [2.24, 2.45) is 5.73 Å². The second-order valence-electron chi connectivity index (χ2n) is 7.00. The molecule has 3 rings (SSSR count). The molecule has 0 bridgehead atoms. The first-order chi connectivity index (χ1) is 14.9. The minimum atomic E-state index is -0.618. The number of carbonyl (C=O) groups excluding carboxylic acids is 3. The van der Waals surface area contributed by atoms with E-state index in [2.05, 4.69) is 16.0 Å². The van der Waals surface area contributed by atoms with Crippen LogP contribution in [-0.2, 0) is 4.79 Å². The number of hydrogen-bond acceptors (Lipinski definition) is 4. The van der Waals surface area contributed by atoms with Crippen molar-refractivity contribution in [3.05, 3.63) is 95.6 Å². The first-order valence-corrected chi connectivity index (χ1v) is 9.82. The number of para-hydroxylation sites is 1. The summed E-state index contributed by atoms with van der Waals surface area (Å²) in [7, 11) is 0. The van der Waals surface area contributed by atoms with Crippen LogP contribution in [0.15, 0.2) is 78.9 Å².